The predicted molar refractivity (Wildman–Crippen MR) is 46.7 cm³/mol. The topological polar surface area (TPSA) is 58.6 Å². The van der Waals surface area contributed by atoms with Gasteiger partial charge in [0.15, 0.2) is 0 Å². The molecule has 0 aromatic rings. The normalized spacial score (nSPS) is 16.5. The number of imide groups is 1. The molecule has 1 aliphatic heterocycles. The van der Waals surface area contributed by atoms with Gasteiger partial charge in [-0.1, -0.05) is 0 Å². The van der Waals surface area contributed by atoms with Crippen molar-refractivity contribution in [3.63, 3.8) is 0 Å². The van der Waals surface area contributed by atoms with Gasteiger partial charge in [-0.05, 0) is 0 Å². The third-order valence-electron chi connectivity index (χ3n) is 1.62. The van der Waals surface area contributed by atoms with Crippen molar-refractivity contribution in [1.29, 1.82) is 0 Å². The Labute approximate surface area is 81.0 Å². The molecule has 1 saturated heterocycles. The Bertz CT molecular complexity index is 194. The molecule has 0 atom stereocenters. The largest absolute Gasteiger partial charge is 0.378 e. The maximum Gasteiger partial charge on any atom is 0.324 e. The summed E-state index contributed by atoms with van der Waals surface area (Å²) in [5.74, 6) is 0.208. The second kappa shape index (κ2) is 5.04. The first-order valence-corrected chi connectivity index (χ1v) is 4.51. The lowest BCUT2D eigenvalue weighted by Crippen LogP contribution is -2.34. The number of nitrogens with zero attached hydrogens (tertiary/aromatic N) is 1. The molecule has 1 heterocycles. The van der Waals surface area contributed by atoms with Gasteiger partial charge in [-0.15, -0.1) is 11.6 Å². The molecule has 0 unspecified atom stereocenters. The third-order valence-corrected chi connectivity index (χ3v) is 1.77. The highest BCUT2D eigenvalue weighted by Crippen LogP contribution is 1.97. The molecule has 0 aromatic heterocycles. The number of ether oxygens (including phenoxy) is 1. The fourth-order valence-electron chi connectivity index (χ4n) is 0.994. The number of hydrogen-bond donors (Lipinski definition) is 1. The van der Waals surface area contributed by atoms with Crippen LogP contribution in [0, 0.1) is 0 Å². The van der Waals surface area contributed by atoms with Crippen LogP contribution in [0.4, 0.5) is 4.79 Å². The zero-order chi connectivity index (χ0) is 9.68. The molecule has 0 aliphatic carbocycles. The van der Waals surface area contributed by atoms with Gasteiger partial charge in [0.2, 0.25) is 5.91 Å². The van der Waals surface area contributed by atoms with Crippen LogP contribution in [0.3, 0.4) is 0 Å². The van der Waals surface area contributed by atoms with E-state index in [0.717, 1.165) is 4.90 Å². The quantitative estimate of drug-likeness (QED) is 0.385. The number of hydrogen-bond acceptors (Lipinski definition) is 3. The van der Waals surface area contributed by atoms with E-state index in [2.05, 4.69) is 5.32 Å². The Morgan fingerprint density at radius 2 is 2.23 bits per heavy atom. The summed E-state index contributed by atoms with van der Waals surface area (Å²) in [5.41, 5.74) is 0. The zero-order valence-electron chi connectivity index (χ0n) is 7.09. The van der Waals surface area contributed by atoms with Crippen LogP contribution in [0.5, 0.6) is 0 Å². The predicted octanol–water partition coefficient (Wildman–Crippen LogP) is -0.206. The number of nitrogens with one attached hydrogen (secondary N) is 1. The van der Waals surface area contributed by atoms with Gasteiger partial charge in [0.1, 0.15) is 0 Å². The molecule has 3 amide bonds. The van der Waals surface area contributed by atoms with Gasteiger partial charge in [0, 0.05) is 5.88 Å². The van der Waals surface area contributed by atoms with Crippen molar-refractivity contribution >= 4 is 23.5 Å². The standard InChI is InChI=1S/C7H11ClN2O3/c8-1-3-13-4-2-10-6(11)5-9-7(10)12/h1-5H2,(H,9,12). The molecule has 74 valence electrons. The van der Waals surface area contributed by atoms with E-state index in [0.29, 0.717) is 25.6 Å². The highest BCUT2D eigenvalue weighted by Gasteiger charge is 2.27. The molecule has 5 nitrogen and oxygen atoms in total. The molecule has 1 aliphatic rings. The second-order valence-corrected chi connectivity index (χ2v) is 2.88. The first-order valence-electron chi connectivity index (χ1n) is 3.97. The Morgan fingerprint density at radius 1 is 1.46 bits per heavy atom. The van der Waals surface area contributed by atoms with E-state index in [1.807, 2.05) is 0 Å². The van der Waals surface area contributed by atoms with E-state index in [4.69, 9.17) is 16.3 Å². The van der Waals surface area contributed by atoms with E-state index in [1.54, 1.807) is 0 Å². The van der Waals surface area contributed by atoms with Gasteiger partial charge in [0.05, 0.1) is 26.3 Å². The minimum absolute atomic E-state index is 0.0916. The van der Waals surface area contributed by atoms with Crippen LogP contribution in [0.2, 0.25) is 0 Å². The SMILES string of the molecule is O=C1CNC(=O)N1CCOCCCl. The highest BCUT2D eigenvalue weighted by atomic mass is 35.5. The van der Waals surface area contributed by atoms with Gasteiger partial charge < -0.3 is 10.1 Å². The van der Waals surface area contributed by atoms with Crippen molar-refractivity contribution in [1.82, 2.24) is 10.2 Å². The third kappa shape index (κ3) is 2.86. The molecular formula is C7H11ClN2O3. The monoisotopic (exact) mass is 206 g/mol. The number of alkyl halides is 1. The van der Waals surface area contributed by atoms with Crippen molar-refractivity contribution in [2.45, 2.75) is 0 Å². The summed E-state index contributed by atoms with van der Waals surface area (Å²) in [6.45, 7) is 1.16. The van der Waals surface area contributed by atoms with Crippen molar-refractivity contribution in [3.05, 3.63) is 0 Å². The molecule has 1 rings (SSSR count). The van der Waals surface area contributed by atoms with Crippen LogP contribution in [0.15, 0.2) is 0 Å². The molecule has 0 aromatic carbocycles. The Hall–Kier alpha value is -0.810. The lowest BCUT2D eigenvalue weighted by molar-refractivity contribution is -0.125. The first-order chi connectivity index (χ1) is 6.25. The lowest BCUT2D eigenvalue weighted by atomic mass is 10.5. The van der Waals surface area contributed by atoms with E-state index >= 15 is 0 Å². The minimum atomic E-state index is -0.348. The average Bonchev–Trinajstić information content (AvgIpc) is 2.42. The van der Waals surface area contributed by atoms with E-state index in [1.165, 1.54) is 0 Å². The molecule has 0 saturated carbocycles. The molecule has 1 N–H and O–H groups in total. The summed E-state index contributed by atoms with van der Waals surface area (Å²) >= 11 is 5.37. The fraction of sp³-hybridized carbons (Fsp3) is 0.714. The maximum atomic E-state index is 11.0. The van der Waals surface area contributed by atoms with Crippen LogP contribution >= 0.6 is 11.6 Å². The van der Waals surface area contributed by atoms with Crippen LogP contribution < -0.4 is 5.32 Å². The van der Waals surface area contributed by atoms with Crippen LogP contribution in [-0.4, -0.2) is 49.0 Å². The number of urea groups is 1. The summed E-state index contributed by atoms with van der Waals surface area (Å²) in [4.78, 5) is 23.1. The summed E-state index contributed by atoms with van der Waals surface area (Å²) in [6, 6.07) is -0.348. The molecular weight excluding hydrogens is 196 g/mol. The average molecular weight is 207 g/mol. The number of halogens is 1. The molecule has 0 radical (unpaired) electrons. The Kier molecular flexibility index (Phi) is 3.98. The van der Waals surface area contributed by atoms with Gasteiger partial charge >= 0.3 is 6.03 Å². The Morgan fingerprint density at radius 3 is 2.77 bits per heavy atom. The first kappa shape index (κ1) is 10.3. The van der Waals surface area contributed by atoms with Crippen molar-refractivity contribution in [2.75, 3.05) is 32.2 Å². The van der Waals surface area contributed by atoms with E-state index in [-0.39, 0.29) is 18.5 Å². The maximum absolute atomic E-state index is 11.0. The fourth-order valence-corrected chi connectivity index (χ4v) is 1.10. The number of amides is 3. The molecule has 6 heteroatoms. The molecule has 1 fully saturated rings. The number of carbonyl (C=O) groups is 2. The van der Waals surface area contributed by atoms with Crippen molar-refractivity contribution < 1.29 is 14.3 Å². The lowest BCUT2D eigenvalue weighted by Gasteiger charge is -2.11. The summed E-state index contributed by atoms with van der Waals surface area (Å²) < 4.78 is 5.04. The zero-order valence-corrected chi connectivity index (χ0v) is 7.84. The second-order valence-electron chi connectivity index (χ2n) is 2.51. The minimum Gasteiger partial charge on any atom is -0.378 e. The summed E-state index contributed by atoms with van der Waals surface area (Å²) in [6.07, 6.45) is 0. The highest BCUT2D eigenvalue weighted by molar-refractivity contribution is 6.17. The van der Waals surface area contributed by atoms with Crippen LogP contribution in [0.25, 0.3) is 0 Å². The van der Waals surface area contributed by atoms with Gasteiger partial charge in [-0.25, -0.2) is 4.79 Å². The Balaban J connectivity index is 2.20. The van der Waals surface area contributed by atoms with E-state index < -0.39 is 0 Å². The summed E-state index contributed by atoms with van der Waals surface area (Å²) in [5, 5.41) is 2.42. The number of carbonyl (C=O) groups excluding carboxylic acids is 2. The summed E-state index contributed by atoms with van der Waals surface area (Å²) in [7, 11) is 0. The van der Waals surface area contributed by atoms with Crippen LogP contribution in [-0.2, 0) is 9.53 Å². The smallest absolute Gasteiger partial charge is 0.324 e. The van der Waals surface area contributed by atoms with Crippen molar-refractivity contribution in [2.24, 2.45) is 0 Å². The van der Waals surface area contributed by atoms with Crippen molar-refractivity contribution in [3.8, 4) is 0 Å². The molecule has 0 spiro atoms. The molecule has 13 heavy (non-hydrogen) atoms. The number of rotatable bonds is 5. The van der Waals surface area contributed by atoms with Gasteiger partial charge in [0.25, 0.3) is 0 Å². The van der Waals surface area contributed by atoms with E-state index in [9.17, 15) is 9.59 Å². The van der Waals surface area contributed by atoms with Gasteiger partial charge in [-0.3, -0.25) is 9.69 Å². The van der Waals surface area contributed by atoms with Crippen LogP contribution in [0.1, 0.15) is 0 Å². The molecule has 0 bridgehead atoms. The van der Waals surface area contributed by atoms with Gasteiger partial charge in [-0.2, -0.15) is 0 Å².